The number of carbonyl (C=O) groups excluding carboxylic acids is 4. The summed E-state index contributed by atoms with van der Waals surface area (Å²) < 4.78 is 5.11. The first-order valence-corrected chi connectivity index (χ1v) is 10.4. The number of aliphatic hydroxyl groups excluding tert-OH is 1. The quantitative estimate of drug-likeness (QED) is 0.262. The number of ketones is 4. The number of Topliss-reactive ketones (excluding diaryl/α,β-unsaturated/α-hetero) is 4. The predicted molar refractivity (Wildman–Crippen MR) is 101 cm³/mol. The van der Waals surface area contributed by atoms with E-state index in [-0.39, 0.29) is 0 Å². The van der Waals surface area contributed by atoms with Crippen LogP contribution >= 0.6 is 62.3 Å². The van der Waals surface area contributed by atoms with E-state index in [4.69, 9.17) is 51.1 Å². The van der Waals surface area contributed by atoms with Crippen molar-refractivity contribution in [2.75, 3.05) is 23.5 Å². The fraction of sp³-hybridized carbons (Fsp3) is 0.714. The largest absolute Gasteiger partial charge is 0.382 e. The van der Waals surface area contributed by atoms with Crippen molar-refractivity contribution in [1.82, 2.24) is 0 Å². The molecule has 0 amide bonds. The van der Waals surface area contributed by atoms with Gasteiger partial charge in [0.1, 0.15) is 12.2 Å². The molecule has 1 aliphatic rings. The van der Waals surface area contributed by atoms with Gasteiger partial charge in [0, 0.05) is 0 Å². The first-order valence-electron chi connectivity index (χ1n) is 7.37. The Labute approximate surface area is 186 Å². The molecule has 28 heavy (non-hydrogen) atoms. The maximum Gasteiger partial charge on any atom is 0.202 e. The first-order chi connectivity index (χ1) is 12.9. The summed E-state index contributed by atoms with van der Waals surface area (Å²) in [4.78, 5) is 49.3. The summed E-state index contributed by atoms with van der Waals surface area (Å²) in [7, 11) is 0. The van der Waals surface area contributed by atoms with Crippen molar-refractivity contribution >= 4 is 85.5 Å². The summed E-state index contributed by atoms with van der Waals surface area (Å²) in [6.45, 7) is 0. The molecular formula is C14H15BrCl4O9. The monoisotopic (exact) mass is 546 g/mol. The number of hydrogen-bond donors (Lipinski definition) is 4. The lowest BCUT2D eigenvalue weighted by atomic mass is 9.60. The van der Waals surface area contributed by atoms with Crippen LogP contribution in [-0.4, -0.2) is 101 Å². The second-order valence-corrected chi connectivity index (χ2v) is 7.73. The minimum absolute atomic E-state index is 0.800. The topological polar surface area (TPSA) is 158 Å². The van der Waals surface area contributed by atoms with Gasteiger partial charge in [0.15, 0.2) is 39.3 Å². The van der Waals surface area contributed by atoms with Crippen molar-refractivity contribution in [3.63, 3.8) is 0 Å². The molecule has 0 spiro atoms. The lowest BCUT2D eigenvalue weighted by molar-refractivity contribution is -0.310. The lowest BCUT2D eigenvalue weighted by Gasteiger charge is -2.57. The highest BCUT2D eigenvalue weighted by atomic mass is 79.9. The Balaban J connectivity index is 3.94. The minimum Gasteiger partial charge on any atom is -0.382 e. The van der Waals surface area contributed by atoms with Crippen LogP contribution in [0.4, 0.5) is 0 Å². The molecule has 1 aliphatic heterocycles. The third-order valence-corrected chi connectivity index (χ3v) is 6.35. The summed E-state index contributed by atoms with van der Waals surface area (Å²) in [6, 6.07) is 0. The average molecular weight is 549 g/mol. The predicted octanol–water partition coefficient (Wildman–Crippen LogP) is -1.11. The standard InChI is InChI=1S/C14H15BrCl4O9/c15-11-13(26,7(22)3-18)14(27,8(23)4-19)12(25,6(21)2-17)10(28-11)9(24)5(20)1-16/h9-11,24-27H,1-4H2/t9?,10-,11+,12-,13+,14+/m1/s1. The minimum atomic E-state index is -3.70. The van der Waals surface area contributed by atoms with E-state index in [9.17, 15) is 39.6 Å². The van der Waals surface area contributed by atoms with Crippen LogP contribution in [0.15, 0.2) is 0 Å². The van der Waals surface area contributed by atoms with Gasteiger partial charge >= 0.3 is 0 Å². The zero-order chi connectivity index (χ0) is 22.1. The van der Waals surface area contributed by atoms with Crippen molar-refractivity contribution in [1.29, 1.82) is 0 Å². The van der Waals surface area contributed by atoms with Crippen molar-refractivity contribution in [2.24, 2.45) is 0 Å². The van der Waals surface area contributed by atoms with E-state index in [2.05, 4.69) is 15.9 Å². The van der Waals surface area contributed by atoms with Crippen LogP contribution in [0.2, 0.25) is 0 Å². The molecule has 160 valence electrons. The van der Waals surface area contributed by atoms with E-state index >= 15 is 0 Å². The highest BCUT2D eigenvalue weighted by molar-refractivity contribution is 9.09. The second kappa shape index (κ2) is 9.51. The molecule has 0 bridgehead atoms. The molecule has 1 rings (SSSR count). The third kappa shape index (κ3) is 3.55. The van der Waals surface area contributed by atoms with Gasteiger partial charge in [-0.25, -0.2) is 0 Å². The van der Waals surface area contributed by atoms with Gasteiger partial charge < -0.3 is 25.2 Å². The molecule has 0 aromatic heterocycles. The summed E-state index contributed by atoms with van der Waals surface area (Å²) in [5.41, 5.74) is -10.6. The molecule has 0 aromatic carbocycles. The van der Waals surface area contributed by atoms with E-state index in [0.717, 1.165) is 0 Å². The van der Waals surface area contributed by atoms with E-state index < -0.39 is 80.7 Å². The molecule has 0 aromatic rings. The Morgan fingerprint density at radius 3 is 1.68 bits per heavy atom. The Hall–Kier alpha value is 0.120. The van der Waals surface area contributed by atoms with Gasteiger partial charge in [-0.15, -0.1) is 46.4 Å². The Morgan fingerprint density at radius 2 is 1.29 bits per heavy atom. The normalized spacial score (nSPS) is 36.6. The molecular weight excluding hydrogens is 534 g/mol. The van der Waals surface area contributed by atoms with Crippen LogP contribution in [0.5, 0.6) is 0 Å². The van der Waals surface area contributed by atoms with Crippen LogP contribution < -0.4 is 0 Å². The SMILES string of the molecule is O=C(CCl)C(O)[C@H]1O[C@H](Br)[C@@](O)(C(=O)CCl)[C@](O)(C(=O)CCl)[C@@]1(O)C(=O)CCl. The van der Waals surface area contributed by atoms with Gasteiger partial charge in [-0.05, 0) is 0 Å². The van der Waals surface area contributed by atoms with E-state index in [1.165, 1.54) is 0 Å². The zero-order valence-electron chi connectivity index (χ0n) is 13.8. The summed E-state index contributed by atoms with van der Waals surface area (Å²) in [6.07, 6.45) is -4.73. The Morgan fingerprint density at radius 1 is 0.857 bits per heavy atom. The number of rotatable bonds is 9. The molecule has 0 saturated carbocycles. The highest BCUT2D eigenvalue weighted by Crippen LogP contribution is 2.49. The Kier molecular flexibility index (Phi) is 8.88. The van der Waals surface area contributed by atoms with Gasteiger partial charge in [-0.3, -0.25) is 19.2 Å². The molecule has 4 N–H and O–H groups in total. The van der Waals surface area contributed by atoms with Gasteiger partial charge in [0.2, 0.25) is 5.60 Å². The van der Waals surface area contributed by atoms with E-state index in [0.29, 0.717) is 0 Å². The van der Waals surface area contributed by atoms with E-state index in [1.807, 2.05) is 0 Å². The molecule has 6 atom stereocenters. The highest BCUT2D eigenvalue weighted by Gasteiger charge is 2.80. The average Bonchev–Trinajstić information content (AvgIpc) is 2.71. The molecule has 1 fully saturated rings. The van der Waals surface area contributed by atoms with Crippen LogP contribution in [-0.2, 0) is 23.9 Å². The number of halogens is 5. The third-order valence-electron chi connectivity index (χ3n) is 4.48. The van der Waals surface area contributed by atoms with Gasteiger partial charge in [0.25, 0.3) is 0 Å². The zero-order valence-corrected chi connectivity index (χ0v) is 18.4. The van der Waals surface area contributed by atoms with Crippen LogP contribution in [0.1, 0.15) is 0 Å². The van der Waals surface area contributed by atoms with Crippen molar-refractivity contribution in [2.45, 2.75) is 34.0 Å². The summed E-state index contributed by atoms with van der Waals surface area (Å²) in [5.74, 6) is -9.71. The fourth-order valence-corrected chi connectivity index (χ4v) is 4.53. The van der Waals surface area contributed by atoms with Crippen molar-refractivity contribution in [3.8, 4) is 0 Å². The molecule has 1 unspecified atom stereocenters. The second-order valence-electron chi connectivity index (χ2n) is 5.83. The van der Waals surface area contributed by atoms with Crippen LogP contribution in [0, 0.1) is 0 Å². The van der Waals surface area contributed by atoms with Crippen molar-refractivity contribution in [3.05, 3.63) is 0 Å². The molecule has 0 radical (unpaired) electrons. The molecule has 0 aliphatic carbocycles. The summed E-state index contributed by atoms with van der Waals surface area (Å²) >= 11 is 24.4. The first kappa shape index (κ1) is 26.2. The molecule has 9 nitrogen and oxygen atoms in total. The molecule has 1 saturated heterocycles. The van der Waals surface area contributed by atoms with Gasteiger partial charge in [-0.1, -0.05) is 15.9 Å². The maximum absolute atomic E-state index is 12.6. The maximum atomic E-state index is 12.6. The lowest BCUT2D eigenvalue weighted by Crippen LogP contribution is -2.87. The van der Waals surface area contributed by atoms with Crippen molar-refractivity contribution < 1.29 is 44.3 Å². The Bertz CT molecular complexity index is 679. The number of ether oxygens (including phenoxy) is 1. The summed E-state index contributed by atoms with van der Waals surface area (Å²) in [5, 5.41) is 41.4. The van der Waals surface area contributed by atoms with Crippen LogP contribution in [0.25, 0.3) is 0 Å². The van der Waals surface area contributed by atoms with E-state index in [1.54, 1.807) is 0 Å². The molecule has 1 heterocycles. The number of hydrogen-bond acceptors (Lipinski definition) is 9. The molecule has 14 heteroatoms. The fourth-order valence-electron chi connectivity index (χ4n) is 2.95. The van der Waals surface area contributed by atoms with Gasteiger partial charge in [-0.2, -0.15) is 0 Å². The van der Waals surface area contributed by atoms with Gasteiger partial charge in [0.05, 0.1) is 23.5 Å². The number of aliphatic hydroxyl groups is 4. The van der Waals surface area contributed by atoms with Crippen LogP contribution in [0.3, 0.4) is 0 Å². The number of carbonyl (C=O) groups is 4. The smallest absolute Gasteiger partial charge is 0.202 e. The number of alkyl halides is 5.